The highest BCUT2D eigenvalue weighted by molar-refractivity contribution is 6.03. The highest BCUT2D eigenvalue weighted by atomic mass is 16.5. The van der Waals surface area contributed by atoms with E-state index in [4.69, 9.17) is 10.5 Å². The molecule has 1 fully saturated rings. The van der Waals surface area contributed by atoms with Crippen molar-refractivity contribution in [3.8, 4) is 11.5 Å². The van der Waals surface area contributed by atoms with Crippen LogP contribution in [0.25, 0.3) is 0 Å². The van der Waals surface area contributed by atoms with E-state index in [1.807, 2.05) is 0 Å². The highest BCUT2D eigenvalue weighted by Crippen LogP contribution is 2.35. The Morgan fingerprint density at radius 3 is 2.65 bits per heavy atom. The quantitative estimate of drug-likeness (QED) is 0.479. The van der Waals surface area contributed by atoms with Gasteiger partial charge in [-0.2, -0.15) is 0 Å². The van der Waals surface area contributed by atoms with Gasteiger partial charge in [0.15, 0.2) is 17.3 Å². The molecule has 0 aliphatic heterocycles. The standard InChI is InChI=1S/C13H17NO3/c1-17-12-7-10(14)9(6-11(12)15)13(16)8-4-2-3-5-8/h6-8,15H,2-5,14H2,1H3. The molecule has 0 radical (unpaired) electrons. The molecule has 0 heterocycles. The summed E-state index contributed by atoms with van der Waals surface area (Å²) >= 11 is 0. The molecule has 0 atom stereocenters. The van der Waals surface area contributed by atoms with Crippen LogP contribution in [0.15, 0.2) is 12.1 Å². The van der Waals surface area contributed by atoms with Gasteiger partial charge in [-0.15, -0.1) is 0 Å². The minimum atomic E-state index is -0.0388. The molecule has 1 aromatic rings. The summed E-state index contributed by atoms with van der Waals surface area (Å²) < 4.78 is 4.94. The van der Waals surface area contributed by atoms with Gasteiger partial charge in [0.2, 0.25) is 0 Å². The number of ether oxygens (including phenoxy) is 1. The molecule has 0 spiro atoms. The van der Waals surface area contributed by atoms with Gasteiger partial charge in [0.05, 0.1) is 7.11 Å². The van der Waals surface area contributed by atoms with E-state index in [1.54, 1.807) is 0 Å². The van der Waals surface area contributed by atoms with E-state index in [-0.39, 0.29) is 17.5 Å². The fraction of sp³-hybridized carbons (Fsp3) is 0.462. The predicted octanol–water partition coefficient (Wildman–Crippen LogP) is 2.36. The van der Waals surface area contributed by atoms with Crippen molar-refractivity contribution >= 4 is 11.5 Å². The van der Waals surface area contributed by atoms with E-state index in [2.05, 4.69) is 0 Å². The average Bonchev–Trinajstić information content (AvgIpc) is 2.84. The number of aromatic hydroxyl groups is 1. The van der Waals surface area contributed by atoms with Gasteiger partial charge in [0, 0.05) is 23.2 Å². The monoisotopic (exact) mass is 235 g/mol. The van der Waals surface area contributed by atoms with Gasteiger partial charge >= 0.3 is 0 Å². The Bertz CT molecular complexity index is 437. The van der Waals surface area contributed by atoms with Crippen molar-refractivity contribution in [3.63, 3.8) is 0 Å². The number of nitrogen functional groups attached to an aromatic ring is 1. The summed E-state index contributed by atoms with van der Waals surface area (Å²) in [5.74, 6) is 0.358. The van der Waals surface area contributed by atoms with E-state index in [1.165, 1.54) is 19.2 Å². The van der Waals surface area contributed by atoms with E-state index >= 15 is 0 Å². The third-order valence-corrected chi connectivity index (χ3v) is 3.34. The lowest BCUT2D eigenvalue weighted by Gasteiger charge is -2.12. The number of methoxy groups -OCH3 is 1. The molecule has 0 aromatic heterocycles. The van der Waals surface area contributed by atoms with Crippen LogP contribution in [0.5, 0.6) is 11.5 Å². The molecular formula is C13H17NO3. The minimum absolute atomic E-state index is 0.0388. The largest absolute Gasteiger partial charge is 0.504 e. The van der Waals surface area contributed by atoms with E-state index in [9.17, 15) is 9.90 Å². The van der Waals surface area contributed by atoms with Crippen LogP contribution in [-0.2, 0) is 0 Å². The Balaban J connectivity index is 2.31. The molecule has 4 heteroatoms. The van der Waals surface area contributed by atoms with Gasteiger partial charge in [-0.3, -0.25) is 4.79 Å². The summed E-state index contributed by atoms with van der Waals surface area (Å²) in [5.41, 5.74) is 6.61. The van der Waals surface area contributed by atoms with Crippen LogP contribution in [0.1, 0.15) is 36.0 Å². The topological polar surface area (TPSA) is 72.5 Å². The maximum absolute atomic E-state index is 12.2. The van der Waals surface area contributed by atoms with Crippen molar-refractivity contribution in [2.24, 2.45) is 5.92 Å². The number of Topliss-reactive ketones (excluding diaryl/α,β-unsaturated/α-hetero) is 1. The lowest BCUT2D eigenvalue weighted by atomic mass is 9.95. The molecule has 0 saturated heterocycles. The first-order valence-corrected chi connectivity index (χ1v) is 5.84. The van der Waals surface area contributed by atoms with Crippen LogP contribution >= 0.6 is 0 Å². The minimum Gasteiger partial charge on any atom is -0.504 e. The fourth-order valence-electron chi connectivity index (χ4n) is 2.37. The van der Waals surface area contributed by atoms with Gasteiger partial charge in [0.25, 0.3) is 0 Å². The molecule has 4 nitrogen and oxygen atoms in total. The predicted molar refractivity (Wildman–Crippen MR) is 65.4 cm³/mol. The zero-order valence-corrected chi connectivity index (χ0v) is 9.90. The van der Waals surface area contributed by atoms with Crippen molar-refractivity contribution < 1.29 is 14.6 Å². The van der Waals surface area contributed by atoms with Crippen molar-refractivity contribution in [3.05, 3.63) is 17.7 Å². The lowest BCUT2D eigenvalue weighted by molar-refractivity contribution is 0.0923. The van der Waals surface area contributed by atoms with E-state index in [0.29, 0.717) is 17.0 Å². The summed E-state index contributed by atoms with van der Waals surface area (Å²) in [7, 11) is 1.45. The van der Waals surface area contributed by atoms with Crippen LogP contribution in [-0.4, -0.2) is 18.0 Å². The molecule has 2 rings (SSSR count). The number of hydrogen-bond donors (Lipinski definition) is 2. The van der Waals surface area contributed by atoms with Gasteiger partial charge in [-0.1, -0.05) is 12.8 Å². The Morgan fingerprint density at radius 1 is 1.41 bits per heavy atom. The third kappa shape index (κ3) is 2.20. The molecule has 92 valence electrons. The molecule has 0 amide bonds. The summed E-state index contributed by atoms with van der Waals surface area (Å²) in [6.45, 7) is 0. The van der Waals surface area contributed by atoms with Crippen LogP contribution in [0.3, 0.4) is 0 Å². The van der Waals surface area contributed by atoms with Crippen LogP contribution in [0, 0.1) is 5.92 Å². The summed E-state index contributed by atoms with van der Waals surface area (Å²) in [6.07, 6.45) is 4.03. The first-order valence-electron chi connectivity index (χ1n) is 5.84. The molecule has 1 aliphatic rings. The number of carbonyl (C=O) groups is 1. The average molecular weight is 235 g/mol. The zero-order valence-electron chi connectivity index (χ0n) is 9.90. The second-order valence-electron chi connectivity index (χ2n) is 4.46. The van der Waals surface area contributed by atoms with Crippen LogP contribution in [0.4, 0.5) is 5.69 Å². The normalized spacial score (nSPS) is 16.1. The Kier molecular flexibility index (Phi) is 3.22. The third-order valence-electron chi connectivity index (χ3n) is 3.34. The Labute approximate surface area is 100 Å². The van der Waals surface area contributed by atoms with Crippen molar-refractivity contribution in [1.29, 1.82) is 0 Å². The van der Waals surface area contributed by atoms with Gasteiger partial charge in [0.1, 0.15) is 0 Å². The first-order chi connectivity index (χ1) is 8.13. The summed E-state index contributed by atoms with van der Waals surface area (Å²) in [6, 6.07) is 2.91. The maximum atomic E-state index is 12.2. The smallest absolute Gasteiger partial charge is 0.168 e. The second-order valence-corrected chi connectivity index (χ2v) is 4.46. The number of hydrogen-bond acceptors (Lipinski definition) is 4. The Morgan fingerprint density at radius 2 is 2.06 bits per heavy atom. The maximum Gasteiger partial charge on any atom is 0.168 e. The number of phenolic OH excluding ortho intramolecular Hbond substituents is 1. The van der Waals surface area contributed by atoms with Crippen LogP contribution in [0.2, 0.25) is 0 Å². The highest BCUT2D eigenvalue weighted by Gasteiger charge is 2.26. The fourth-order valence-corrected chi connectivity index (χ4v) is 2.37. The SMILES string of the molecule is COc1cc(N)c(C(=O)C2CCCC2)cc1O. The first kappa shape index (κ1) is 11.8. The summed E-state index contributed by atoms with van der Waals surface area (Å²) in [5, 5.41) is 9.67. The molecule has 0 unspecified atom stereocenters. The number of phenols is 1. The second kappa shape index (κ2) is 4.65. The molecule has 1 saturated carbocycles. The number of anilines is 1. The molecule has 3 N–H and O–H groups in total. The molecule has 17 heavy (non-hydrogen) atoms. The molecule has 0 bridgehead atoms. The lowest BCUT2D eigenvalue weighted by Crippen LogP contribution is -2.13. The number of benzene rings is 1. The molecule has 1 aliphatic carbocycles. The van der Waals surface area contributed by atoms with Crippen molar-refractivity contribution in [1.82, 2.24) is 0 Å². The van der Waals surface area contributed by atoms with Gasteiger partial charge in [-0.05, 0) is 18.9 Å². The van der Waals surface area contributed by atoms with E-state index < -0.39 is 0 Å². The van der Waals surface area contributed by atoms with E-state index in [0.717, 1.165) is 25.7 Å². The van der Waals surface area contributed by atoms with Crippen molar-refractivity contribution in [2.75, 3.05) is 12.8 Å². The van der Waals surface area contributed by atoms with Crippen molar-refractivity contribution in [2.45, 2.75) is 25.7 Å². The van der Waals surface area contributed by atoms with Gasteiger partial charge < -0.3 is 15.6 Å². The zero-order chi connectivity index (χ0) is 12.4. The molecular weight excluding hydrogens is 218 g/mol. The summed E-state index contributed by atoms with van der Waals surface area (Å²) in [4.78, 5) is 12.2. The number of carbonyl (C=O) groups excluding carboxylic acids is 1. The Hall–Kier alpha value is -1.71. The van der Waals surface area contributed by atoms with Gasteiger partial charge in [-0.25, -0.2) is 0 Å². The number of rotatable bonds is 3. The van der Waals surface area contributed by atoms with Crippen LogP contribution < -0.4 is 10.5 Å². The number of nitrogens with two attached hydrogens (primary N) is 1. The number of ketones is 1. The molecule has 1 aromatic carbocycles.